The third kappa shape index (κ3) is 17.1. The highest BCUT2D eigenvalue weighted by Crippen LogP contribution is 2.42. The van der Waals surface area contributed by atoms with Crippen molar-refractivity contribution in [3.8, 4) is 0 Å². The number of hydrogen-bond donors (Lipinski definition) is 20. The number of aliphatic hydroxyl groups excluding tert-OH is 14. The van der Waals surface area contributed by atoms with Gasteiger partial charge in [-0.25, -0.2) is 14.6 Å². The first-order chi connectivity index (χ1) is 40.4. The van der Waals surface area contributed by atoms with Crippen molar-refractivity contribution >= 4 is 52.9 Å². The zero-order valence-corrected chi connectivity index (χ0v) is 47.4. The van der Waals surface area contributed by atoms with Crippen LogP contribution in [0.3, 0.4) is 0 Å². The van der Waals surface area contributed by atoms with E-state index in [-0.39, 0.29) is 19.6 Å². The molecule has 0 aromatic rings. The van der Waals surface area contributed by atoms with Crippen molar-refractivity contribution < 1.29 is 158 Å². The minimum atomic E-state index is -3.55. The molecule has 5 aliphatic rings. The number of amides is 4. The number of carboxylic acid groups (broad SMARTS) is 2. The molecule has 4 amide bonds. The molecule has 38 heteroatoms. The van der Waals surface area contributed by atoms with Crippen LogP contribution in [0.1, 0.15) is 47.0 Å². The van der Waals surface area contributed by atoms with Gasteiger partial charge in [0.1, 0.15) is 104 Å². The lowest BCUT2D eigenvalue weighted by Crippen LogP contribution is -2.72. The number of carboxylic acids is 2. The molecular weight excluding hydrogens is 1190 g/mol. The molecule has 492 valence electrons. The monoisotopic (exact) mass is 1270 g/mol. The summed E-state index contributed by atoms with van der Waals surface area (Å²) in [4.78, 5) is 80.1. The molecule has 20 N–H and O–H groups in total. The smallest absolute Gasteiger partial charge is 0.364 e. The van der Waals surface area contributed by atoms with Gasteiger partial charge in [-0.2, -0.15) is 0 Å². The third-order valence-corrected chi connectivity index (χ3v) is 14.7. The van der Waals surface area contributed by atoms with Gasteiger partial charge >= 0.3 is 11.9 Å². The molecule has 0 aliphatic carbocycles. The van der Waals surface area contributed by atoms with Crippen LogP contribution in [0.15, 0.2) is 4.99 Å². The Balaban J connectivity index is 1.60. The Morgan fingerprint density at radius 2 is 1.10 bits per heavy atom. The van der Waals surface area contributed by atoms with Crippen molar-refractivity contribution in [2.45, 2.75) is 212 Å². The van der Waals surface area contributed by atoms with Gasteiger partial charge in [0.15, 0.2) is 18.9 Å². The van der Waals surface area contributed by atoms with E-state index < -0.39 is 246 Å². The standard InChI is InChI=1S/C48H77N5O32S/c1-16(58)50-10-22(64)30(65)39-27(51-17(2)59)20(62)8-47(83-39,45(72)73)82-24(12-55)32(67)40-28(52-18(3)60)21(63)9-48(84-40,46(74)75)85-41-36(71)44(80-37-25(13-56)78-43(35(70)34(37)69)76-7-5-6-49-15-86)79-26(14-57)38(41)81-42-29(53-19(4)61)33(68)31(66)23(11-54)77-42/h20-44,54-57,62-71H,5-14H2,1-4H3,(H,50,58)(H,51,59)(H,52,60)(H,53,61)(H,72,73)(H,74,75)/t20-,21-,22-,23?,24-,25?,26?,27-,28-,29?,30-,31-,32-,33-,34-,35?,36?,37-,38+,39?,40?,41-,42+,43-,44+,47-,48+/m1/s1. The van der Waals surface area contributed by atoms with Crippen LogP contribution in [0.4, 0.5) is 0 Å². The highest BCUT2D eigenvalue weighted by atomic mass is 32.1. The molecule has 5 saturated heterocycles. The van der Waals surface area contributed by atoms with Gasteiger partial charge in [-0.15, -0.1) is 0 Å². The topological polar surface area (TPSA) is 579 Å². The minimum Gasteiger partial charge on any atom is -0.477 e. The number of ether oxygens (including phenoxy) is 10. The van der Waals surface area contributed by atoms with E-state index in [0.717, 1.165) is 27.7 Å². The van der Waals surface area contributed by atoms with Gasteiger partial charge in [-0.1, -0.05) is 0 Å². The number of aliphatic imine (C=N–C) groups is 1. The van der Waals surface area contributed by atoms with Gasteiger partial charge in [0.25, 0.3) is 11.6 Å². The Morgan fingerprint density at radius 3 is 1.63 bits per heavy atom. The molecule has 5 rings (SSSR count). The minimum absolute atomic E-state index is 0.132. The highest BCUT2D eigenvalue weighted by molar-refractivity contribution is 7.78. The van der Waals surface area contributed by atoms with Crippen LogP contribution in [0.5, 0.6) is 0 Å². The van der Waals surface area contributed by atoms with Crippen LogP contribution in [0, 0.1) is 0 Å². The number of isothiocyanates is 1. The number of carbonyl (C=O) groups excluding carboxylic acids is 4. The summed E-state index contributed by atoms with van der Waals surface area (Å²) in [6.07, 6.45) is -49.7. The lowest BCUT2D eigenvalue weighted by Gasteiger charge is -2.52. The van der Waals surface area contributed by atoms with Crippen molar-refractivity contribution in [3.63, 3.8) is 0 Å². The number of carbonyl (C=O) groups is 6. The van der Waals surface area contributed by atoms with Crippen LogP contribution in [0.2, 0.25) is 0 Å². The van der Waals surface area contributed by atoms with Crippen LogP contribution >= 0.6 is 12.2 Å². The Kier molecular flexibility index (Phi) is 26.9. The summed E-state index contributed by atoms with van der Waals surface area (Å²) in [5, 5.41) is 190. The molecule has 0 radical (unpaired) electrons. The predicted octanol–water partition coefficient (Wildman–Crippen LogP) is -11.4. The summed E-state index contributed by atoms with van der Waals surface area (Å²) < 4.78 is 58.4. The van der Waals surface area contributed by atoms with Crippen LogP contribution in [0.25, 0.3) is 0 Å². The van der Waals surface area contributed by atoms with E-state index in [9.17, 15) is 110 Å². The Hall–Kier alpha value is -4.34. The van der Waals surface area contributed by atoms with Crippen LogP contribution in [-0.4, -0.2) is 333 Å². The van der Waals surface area contributed by atoms with Gasteiger partial charge in [0.05, 0.1) is 75.1 Å². The maximum absolute atomic E-state index is 13.9. The lowest BCUT2D eigenvalue weighted by atomic mass is 9.87. The van der Waals surface area contributed by atoms with E-state index in [4.69, 9.17) is 47.4 Å². The highest BCUT2D eigenvalue weighted by Gasteiger charge is 2.63. The average molecular weight is 1270 g/mol. The molecule has 0 spiro atoms. The molecule has 0 saturated carbocycles. The lowest BCUT2D eigenvalue weighted by molar-refractivity contribution is -0.402. The number of hydrogen-bond acceptors (Lipinski definition) is 32. The molecule has 0 aromatic heterocycles. The largest absolute Gasteiger partial charge is 0.477 e. The van der Waals surface area contributed by atoms with Crippen molar-refractivity contribution in [2.24, 2.45) is 4.99 Å². The third-order valence-electron chi connectivity index (χ3n) is 14.6. The molecule has 5 fully saturated rings. The fourth-order valence-corrected chi connectivity index (χ4v) is 10.5. The molecule has 5 aliphatic heterocycles. The first-order valence-electron chi connectivity index (χ1n) is 26.9. The molecule has 0 aromatic carbocycles. The van der Waals surface area contributed by atoms with E-state index >= 15 is 0 Å². The Labute approximate surface area is 493 Å². The quantitative estimate of drug-likeness (QED) is 0.0196. The number of aliphatic carboxylic acids is 2. The van der Waals surface area contributed by atoms with Crippen molar-refractivity contribution in [3.05, 3.63) is 0 Å². The molecular formula is C48H77N5O32S. The number of rotatable bonds is 28. The van der Waals surface area contributed by atoms with Gasteiger partial charge < -0.3 is 150 Å². The molecule has 8 unspecified atom stereocenters. The summed E-state index contributed by atoms with van der Waals surface area (Å²) >= 11 is 4.53. The summed E-state index contributed by atoms with van der Waals surface area (Å²) in [5.74, 6) is -14.8. The second-order valence-corrected chi connectivity index (χ2v) is 21.1. The van der Waals surface area contributed by atoms with Gasteiger partial charge in [0, 0.05) is 47.1 Å². The number of thiocarbonyl (C=S) groups is 1. The van der Waals surface area contributed by atoms with E-state index in [1.807, 2.05) is 0 Å². The fourth-order valence-electron chi connectivity index (χ4n) is 10.4. The Morgan fingerprint density at radius 1 is 0.605 bits per heavy atom. The summed E-state index contributed by atoms with van der Waals surface area (Å²) in [7, 11) is 0. The summed E-state index contributed by atoms with van der Waals surface area (Å²) in [6.45, 7) is -1.64. The Bertz CT molecular complexity index is 2330. The second kappa shape index (κ2) is 31.9. The van der Waals surface area contributed by atoms with Crippen LogP contribution < -0.4 is 21.3 Å². The van der Waals surface area contributed by atoms with Gasteiger partial charge in [0.2, 0.25) is 23.6 Å². The number of nitrogens with one attached hydrogen (secondary N) is 4. The first-order valence-corrected chi connectivity index (χ1v) is 27.3. The molecule has 86 heavy (non-hydrogen) atoms. The van der Waals surface area contributed by atoms with E-state index in [1.54, 1.807) is 0 Å². The maximum Gasteiger partial charge on any atom is 0.364 e. The summed E-state index contributed by atoms with van der Waals surface area (Å²) in [6, 6.07) is -5.59. The van der Waals surface area contributed by atoms with Crippen LogP contribution in [-0.2, 0) is 76.1 Å². The fraction of sp³-hybridized carbons (Fsp3) is 0.854. The zero-order chi connectivity index (χ0) is 64.3. The first kappa shape index (κ1) is 72.4. The predicted molar refractivity (Wildman–Crippen MR) is 276 cm³/mol. The van der Waals surface area contributed by atoms with Gasteiger partial charge in [-0.05, 0) is 18.6 Å². The summed E-state index contributed by atoms with van der Waals surface area (Å²) in [5.41, 5.74) is 0. The van der Waals surface area contributed by atoms with Crippen molar-refractivity contribution in [1.29, 1.82) is 0 Å². The van der Waals surface area contributed by atoms with E-state index in [2.05, 4.69) is 43.6 Å². The van der Waals surface area contributed by atoms with E-state index in [1.165, 1.54) is 0 Å². The molecule has 5 heterocycles. The molecule has 37 nitrogen and oxygen atoms in total. The van der Waals surface area contributed by atoms with Crippen molar-refractivity contribution in [1.82, 2.24) is 21.3 Å². The van der Waals surface area contributed by atoms with E-state index in [0.29, 0.717) is 0 Å². The zero-order valence-electron chi connectivity index (χ0n) is 46.5. The molecule has 27 atom stereocenters. The van der Waals surface area contributed by atoms with Gasteiger partial charge in [-0.3, -0.25) is 19.2 Å². The number of aliphatic hydroxyl groups is 14. The molecule has 0 bridgehead atoms. The SMILES string of the molecule is CC(=O)NC[C@@H](O)[C@@H](O)C1O[C@@](O[C@H](CO)[C@@H](O)C2O[C@@](O[C@@H]3C(O)[C@H](O[C@@H]4C(CO)O[C@@H](OCCCN=C=S)C(O)[C@H]4O)OC(CO)[C@@H]3O[C@@H]3OC(CO)[C@@H](O)[C@H](O)C3NC(C)=O)(C(=O)O)C[C@@H](O)[C@H]2NC(C)=O)(C(=O)O)C[C@@H](O)[C@H]1NC(C)=O. The number of nitrogens with zero attached hydrogens (tertiary/aromatic N) is 1. The normalized spacial score (nSPS) is 39.7. The second-order valence-electron chi connectivity index (χ2n) is 20.9. The van der Waals surface area contributed by atoms with Crippen molar-refractivity contribution in [2.75, 3.05) is 46.1 Å². The maximum atomic E-state index is 13.9. The average Bonchev–Trinajstić information content (AvgIpc) is 0.859.